The Morgan fingerprint density at radius 2 is 1.86 bits per heavy atom. The quantitative estimate of drug-likeness (QED) is 0.777. The first-order chi connectivity index (χ1) is 10.1. The molecule has 1 aromatic heterocycles. The molecule has 114 valence electrons. The average Bonchev–Trinajstić information content (AvgIpc) is 2.98. The summed E-state index contributed by atoms with van der Waals surface area (Å²) >= 11 is 1.43. The molecule has 1 aromatic carbocycles. The van der Waals surface area contributed by atoms with Gasteiger partial charge in [0.15, 0.2) is 0 Å². The third kappa shape index (κ3) is 5.55. The zero-order valence-corrected chi connectivity index (χ0v) is 13.5. The fourth-order valence-electron chi connectivity index (χ4n) is 1.81. The first-order valence-corrected chi connectivity index (χ1v) is 9.26. The van der Waals surface area contributed by atoms with E-state index in [2.05, 4.69) is 21.9 Å². The molecule has 7 heteroatoms. The average molecular weight is 325 g/mol. The number of thiazole rings is 1. The van der Waals surface area contributed by atoms with Crippen LogP contribution in [0, 0.1) is 0 Å². The maximum Gasteiger partial charge on any atom is 0.216 e. The van der Waals surface area contributed by atoms with Crippen LogP contribution in [0.1, 0.15) is 23.1 Å². The molecular formula is C14H19N3O2S2. The molecule has 0 aliphatic heterocycles. The van der Waals surface area contributed by atoms with Crippen molar-refractivity contribution >= 4 is 21.4 Å². The molecule has 21 heavy (non-hydrogen) atoms. The highest BCUT2D eigenvalue weighted by molar-refractivity contribution is 7.88. The third-order valence-corrected chi connectivity index (χ3v) is 4.96. The summed E-state index contributed by atoms with van der Waals surface area (Å²) < 4.78 is 26.6. The van der Waals surface area contributed by atoms with Crippen LogP contribution in [0.25, 0.3) is 0 Å². The fourth-order valence-corrected chi connectivity index (χ4v) is 3.54. The van der Waals surface area contributed by atoms with Crippen LogP contribution >= 0.6 is 11.3 Å². The normalized spacial score (nSPS) is 11.7. The van der Waals surface area contributed by atoms with Gasteiger partial charge in [-0.2, -0.15) is 0 Å². The lowest BCUT2D eigenvalue weighted by Crippen LogP contribution is -2.24. The van der Waals surface area contributed by atoms with E-state index < -0.39 is 10.0 Å². The van der Waals surface area contributed by atoms with E-state index in [0.29, 0.717) is 0 Å². The molecule has 0 saturated carbocycles. The maximum absolute atomic E-state index is 12.0. The molecule has 0 radical (unpaired) electrons. The lowest BCUT2D eigenvalue weighted by atomic mass is 10.1. The van der Waals surface area contributed by atoms with Crippen molar-refractivity contribution in [1.82, 2.24) is 15.0 Å². The van der Waals surface area contributed by atoms with Crippen molar-refractivity contribution in [3.8, 4) is 0 Å². The SMILES string of the molecule is CCNCc1ccc(CS(=O)(=O)NCc2nccs2)cc1. The molecule has 2 N–H and O–H groups in total. The topological polar surface area (TPSA) is 71.1 Å². The van der Waals surface area contributed by atoms with Gasteiger partial charge >= 0.3 is 0 Å². The number of aromatic nitrogens is 1. The molecule has 0 spiro atoms. The zero-order chi connectivity index (χ0) is 15.1. The van der Waals surface area contributed by atoms with Crippen LogP contribution in [-0.4, -0.2) is 19.9 Å². The molecule has 0 aliphatic rings. The highest BCUT2D eigenvalue weighted by Gasteiger charge is 2.12. The first-order valence-electron chi connectivity index (χ1n) is 6.73. The molecule has 0 fully saturated rings. The Morgan fingerprint density at radius 1 is 1.14 bits per heavy atom. The fraction of sp³-hybridized carbons (Fsp3) is 0.357. The highest BCUT2D eigenvalue weighted by atomic mass is 32.2. The van der Waals surface area contributed by atoms with E-state index in [4.69, 9.17) is 0 Å². The van der Waals surface area contributed by atoms with Gasteiger partial charge in [-0.15, -0.1) is 11.3 Å². The number of sulfonamides is 1. The maximum atomic E-state index is 12.0. The molecule has 5 nitrogen and oxygen atoms in total. The van der Waals surface area contributed by atoms with Crippen molar-refractivity contribution in [2.75, 3.05) is 6.54 Å². The minimum atomic E-state index is -3.34. The van der Waals surface area contributed by atoms with Crippen molar-refractivity contribution in [3.63, 3.8) is 0 Å². The Kier molecular flexibility index (Phi) is 5.86. The smallest absolute Gasteiger partial charge is 0.216 e. The van der Waals surface area contributed by atoms with Gasteiger partial charge in [-0.1, -0.05) is 31.2 Å². The van der Waals surface area contributed by atoms with Gasteiger partial charge in [0.25, 0.3) is 0 Å². The molecule has 0 unspecified atom stereocenters. The third-order valence-electron chi connectivity index (χ3n) is 2.89. The largest absolute Gasteiger partial charge is 0.313 e. The second-order valence-electron chi connectivity index (χ2n) is 4.60. The number of hydrogen-bond acceptors (Lipinski definition) is 5. The van der Waals surface area contributed by atoms with Crippen molar-refractivity contribution < 1.29 is 8.42 Å². The lowest BCUT2D eigenvalue weighted by Gasteiger charge is -2.07. The van der Waals surface area contributed by atoms with E-state index in [0.717, 1.165) is 29.2 Å². The van der Waals surface area contributed by atoms with Crippen molar-refractivity contribution in [2.45, 2.75) is 25.8 Å². The minimum Gasteiger partial charge on any atom is -0.313 e. The summed E-state index contributed by atoms with van der Waals surface area (Å²) in [5, 5.41) is 5.82. The van der Waals surface area contributed by atoms with Crippen LogP contribution in [0.5, 0.6) is 0 Å². The van der Waals surface area contributed by atoms with Crippen molar-refractivity contribution in [1.29, 1.82) is 0 Å². The predicted molar refractivity (Wildman–Crippen MR) is 85.4 cm³/mol. The second kappa shape index (κ2) is 7.65. The van der Waals surface area contributed by atoms with Gasteiger partial charge in [0.2, 0.25) is 10.0 Å². The van der Waals surface area contributed by atoms with Gasteiger partial charge in [-0.25, -0.2) is 18.1 Å². The second-order valence-corrected chi connectivity index (χ2v) is 7.39. The number of nitrogens with one attached hydrogen (secondary N) is 2. The zero-order valence-electron chi connectivity index (χ0n) is 11.9. The standard InChI is InChI=1S/C14H19N3O2S2/c1-2-15-9-12-3-5-13(6-4-12)11-21(18,19)17-10-14-16-7-8-20-14/h3-8,15,17H,2,9-11H2,1H3. The van der Waals surface area contributed by atoms with Gasteiger partial charge in [-0.3, -0.25) is 0 Å². The summed E-state index contributed by atoms with van der Waals surface area (Å²) in [6.45, 7) is 4.01. The van der Waals surface area contributed by atoms with Crippen LogP contribution in [0.2, 0.25) is 0 Å². The van der Waals surface area contributed by atoms with Gasteiger partial charge in [0, 0.05) is 18.1 Å². The summed E-state index contributed by atoms with van der Waals surface area (Å²) in [6.07, 6.45) is 1.66. The van der Waals surface area contributed by atoms with Gasteiger partial charge in [-0.05, 0) is 17.7 Å². The van der Waals surface area contributed by atoms with E-state index in [9.17, 15) is 8.42 Å². The van der Waals surface area contributed by atoms with Crippen LogP contribution in [-0.2, 0) is 28.9 Å². The molecule has 0 bridgehead atoms. The molecule has 0 atom stereocenters. The van der Waals surface area contributed by atoms with Gasteiger partial charge < -0.3 is 5.32 Å². The van der Waals surface area contributed by atoms with Crippen molar-refractivity contribution in [2.24, 2.45) is 0 Å². The Bertz CT molecular complexity index is 637. The Labute approximate surface area is 129 Å². The molecule has 2 rings (SSSR count). The van der Waals surface area contributed by atoms with Crippen LogP contribution in [0.15, 0.2) is 35.8 Å². The van der Waals surface area contributed by atoms with E-state index in [-0.39, 0.29) is 12.3 Å². The Hall–Kier alpha value is -1.28. The van der Waals surface area contributed by atoms with Gasteiger partial charge in [0.1, 0.15) is 5.01 Å². The summed E-state index contributed by atoms with van der Waals surface area (Å²) in [5.74, 6) is -0.0140. The van der Waals surface area contributed by atoms with E-state index >= 15 is 0 Å². The Morgan fingerprint density at radius 3 is 2.48 bits per heavy atom. The number of benzene rings is 1. The van der Waals surface area contributed by atoms with Gasteiger partial charge in [0.05, 0.1) is 12.3 Å². The number of hydrogen-bond donors (Lipinski definition) is 2. The van der Waals surface area contributed by atoms with E-state index in [1.54, 1.807) is 6.20 Å². The van der Waals surface area contributed by atoms with E-state index in [1.807, 2.05) is 29.6 Å². The molecule has 2 aromatic rings. The molecule has 0 amide bonds. The van der Waals surface area contributed by atoms with Crippen LogP contribution in [0.3, 0.4) is 0 Å². The van der Waals surface area contributed by atoms with Crippen molar-refractivity contribution in [3.05, 3.63) is 52.0 Å². The molecule has 1 heterocycles. The molecule has 0 saturated heterocycles. The lowest BCUT2D eigenvalue weighted by molar-refractivity contribution is 0.580. The summed E-state index contributed by atoms with van der Waals surface area (Å²) in [6, 6.07) is 7.62. The van der Waals surface area contributed by atoms with Crippen LogP contribution in [0.4, 0.5) is 0 Å². The monoisotopic (exact) mass is 325 g/mol. The number of nitrogens with zero attached hydrogens (tertiary/aromatic N) is 1. The number of rotatable bonds is 8. The highest BCUT2D eigenvalue weighted by Crippen LogP contribution is 2.09. The summed E-state index contributed by atoms with van der Waals surface area (Å²) in [7, 11) is -3.34. The Balaban J connectivity index is 1.90. The summed E-state index contributed by atoms with van der Waals surface area (Å²) in [5.41, 5.74) is 1.93. The molecular weight excluding hydrogens is 306 g/mol. The molecule has 0 aliphatic carbocycles. The van der Waals surface area contributed by atoms with Crippen LogP contribution < -0.4 is 10.0 Å². The predicted octanol–water partition coefficient (Wildman–Crippen LogP) is 1.87. The minimum absolute atomic E-state index is 0.0140. The first kappa shape index (κ1) is 16.1. The van der Waals surface area contributed by atoms with E-state index in [1.165, 1.54) is 11.3 Å². The summed E-state index contributed by atoms with van der Waals surface area (Å²) in [4.78, 5) is 4.05.